The molecule has 2 saturated heterocycles. The van der Waals surface area contributed by atoms with Gasteiger partial charge in [0, 0.05) is 25.9 Å². The summed E-state index contributed by atoms with van der Waals surface area (Å²) in [4.78, 5) is 11.1. The third-order valence-corrected chi connectivity index (χ3v) is 4.24. The van der Waals surface area contributed by atoms with Crippen molar-refractivity contribution in [3.8, 4) is 5.75 Å². The lowest BCUT2D eigenvalue weighted by molar-refractivity contribution is -0.112. The molecule has 2 aliphatic rings. The van der Waals surface area contributed by atoms with Crippen LogP contribution in [0, 0.1) is 6.92 Å². The van der Waals surface area contributed by atoms with E-state index in [-0.39, 0.29) is 17.3 Å². The van der Waals surface area contributed by atoms with Gasteiger partial charge in [0.15, 0.2) is 0 Å². The molecular formula is C16H20O5. The maximum Gasteiger partial charge on any atom is 0.335 e. The Morgan fingerprint density at radius 3 is 3.00 bits per heavy atom. The van der Waals surface area contributed by atoms with Crippen molar-refractivity contribution in [3.63, 3.8) is 0 Å². The van der Waals surface area contributed by atoms with Crippen molar-refractivity contribution >= 4 is 5.97 Å². The molecule has 1 aromatic rings. The number of carboxylic acids is 1. The molecule has 2 fully saturated rings. The second kappa shape index (κ2) is 5.66. The Kier molecular flexibility index (Phi) is 3.87. The molecule has 5 heteroatoms. The Morgan fingerprint density at radius 2 is 2.29 bits per heavy atom. The number of carbonyl (C=O) groups is 1. The highest BCUT2D eigenvalue weighted by Crippen LogP contribution is 2.35. The van der Waals surface area contributed by atoms with Crippen molar-refractivity contribution in [1.29, 1.82) is 0 Å². The predicted molar refractivity (Wildman–Crippen MR) is 75.9 cm³/mol. The minimum Gasteiger partial charge on any atom is -0.490 e. The third kappa shape index (κ3) is 3.04. The quantitative estimate of drug-likeness (QED) is 0.926. The molecule has 21 heavy (non-hydrogen) atoms. The van der Waals surface area contributed by atoms with Gasteiger partial charge >= 0.3 is 5.97 Å². The highest BCUT2D eigenvalue weighted by molar-refractivity contribution is 5.88. The van der Waals surface area contributed by atoms with Crippen molar-refractivity contribution in [1.82, 2.24) is 0 Å². The smallest absolute Gasteiger partial charge is 0.335 e. The predicted octanol–water partition coefficient (Wildman–Crippen LogP) is 2.41. The van der Waals surface area contributed by atoms with Crippen LogP contribution in [0.15, 0.2) is 18.2 Å². The summed E-state index contributed by atoms with van der Waals surface area (Å²) in [7, 11) is 0. The maximum absolute atomic E-state index is 11.1. The van der Waals surface area contributed by atoms with Gasteiger partial charge in [0.1, 0.15) is 11.9 Å². The Hall–Kier alpha value is -1.59. The Morgan fingerprint density at radius 1 is 1.43 bits per heavy atom. The molecule has 3 rings (SSSR count). The molecule has 114 valence electrons. The van der Waals surface area contributed by atoms with E-state index >= 15 is 0 Å². The SMILES string of the molecule is Cc1ccc(C(=O)O)cc1OC1CCOC2(CCOC2)C1. The second-order valence-electron chi connectivity index (χ2n) is 5.85. The fourth-order valence-electron chi connectivity index (χ4n) is 2.99. The van der Waals surface area contributed by atoms with Crippen LogP contribution in [0.2, 0.25) is 0 Å². The van der Waals surface area contributed by atoms with E-state index in [9.17, 15) is 4.79 Å². The standard InChI is InChI=1S/C16H20O5/c1-11-2-3-12(15(17)18)8-14(11)21-13-4-6-20-16(9-13)5-7-19-10-16/h2-3,8,13H,4-7,9-10H2,1H3,(H,17,18). The number of ether oxygens (including phenoxy) is 3. The first-order chi connectivity index (χ1) is 10.1. The molecule has 2 heterocycles. The number of carboxylic acid groups (broad SMARTS) is 1. The zero-order chi connectivity index (χ0) is 14.9. The topological polar surface area (TPSA) is 65.0 Å². The van der Waals surface area contributed by atoms with Crippen LogP contribution in [0.5, 0.6) is 5.75 Å². The van der Waals surface area contributed by atoms with Crippen LogP contribution in [0.4, 0.5) is 0 Å². The molecular weight excluding hydrogens is 272 g/mol. The van der Waals surface area contributed by atoms with Crippen molar-refractivity contribution in [2.45, 2.75) is 37.9 Å². The summed E-state index contributed by atoms with van der Waals surface area (Å²) in [5, 5.41) is 9.08. The molecule has 2 aliphatic heterocycles. The first kappa shape index (κ1) is 14.4. The number of aromatic carboxylic acids is 1. The monoisotopic (exact) mass is 292 g/mol. The molecule has 0 bridgehead atoms. The molecule has 1 N–H and O–H groups in total. The molecule has 0 amide bonds. The van der Waals surface area contributed by atoms with E-state index in [4.69, 9.17) is 19.3 Å². The van der Waals surface area contributed by atoms with E-state index in [2.05, 4.69) is 0 Å². The number of hydrogen-bond donors (Lipinski definition) is 1. The summed E-state index contributed by atoms with van der Waals surface area (Å²) in [5.74, 6) is -0.289. The van der Waals surface area contributed by atoms with Gasteiger partial charge in [-0.05, 0) is 24.6 Å². The van der Waals surface area contributed by atoms with E-state index in [1.807, 2.05) is 6.92 Å². The summed E-state index contributed by atoms with van der Waals surface area (Å²) < 4.78 is 17.4. The van der Waals surface area contributed by atoms with Crippen LogP contribution in [-0.2, 0) is 9.47 Å². The third-order valence-electron chi connectivity index (χ3n) is 4.24. The second-order valence-corrected chi connectivity index (χ2v) is 5.85. The molecule has 0 aromatic heterocycles. The summed E-state index contributed by atoms with van der Waals surface area (Å²) in [5.41, 5.74) is 0.992. The summed E-state index contributed by atoms with van der Waals surface area (Å²) >= 11 is 0. The van der Waals surface area contributed by atoms with E-state index in [0.717, 1.165) is 31.4 Å². The normalized spacial score (nSPS) is 28.7. The van der Waals surface area contributed by atoms with Gasteiger partial charge in [-0.15, -0.1) is 0 Å². The van der Waals surface area contributed by atoms with Gasteiger partial charge in [0.2, 0.25) is 0 Å². The molecule has 0 radical (unpaired) electrons. The van der Waals surface area contributed by atoms with Crippen LogP contribution >= 0.6 is 0 Å². The van der Waals surface area contributed by atoms with Crippen molar-refractivity contribution in [2.24, 2.45) is 0 Å². The van der Waals surface area contributed by atoms with Crippen LogP contribution < -0.4 is 4.74 Å². The number of rotatable bonds is 3. The van der Waals surface area contributed by atoms with Gasteiger partial charge in [-0.2, -0.15) is 0 Å². The molecule has 1 aromatic carbocycles. The van der Waals surface area contributed by atoms with Gasteiger partial charge in [0.05, 0.1) is 24.4 Å². The van der Waals surface area contributed by atoms with Crippen LogP contribution in [0.1, 0.15) is 35.2 Å². The van der Waals surface area contributed by atoms with Gasteiger partial charge in [0.25, 0.3) is 0 Å². The van der Waals surface area contributed by atoms with Gasteiger partial charge in [-0.1, -0.05) is 6.07 Å². The number of hydrogen-bond acceptors (Lipinski definition) is 4. The molecule has 0 aliphatic carbocycles. The average Bonchev–Trinajstić information content (AvgIpc) is 2.89. The first-order valence-electron chi connectivity index (χ1n) is 7.30. The Bertz CT molecular complexity index is 533. The first-order valence-corrected chi connectivity index (χ1v) is 7.30. The summed E-state index contributed by atoms with van der Waals surface area (Å²) in [6.45, 7) is 3.95. The van der Waals surface area contributed by atoms with Crippen LogP contribution in [0.25, 0.3) is 0 Å². The molecule has 2 unspecified atom stereocenters. The van der Waals surface area contributed by atoms with Crippen molar-refractivity contribution in [3.05, 3.63) is 29.3 Å². The van der Waals surface area contributed by atoms with E-state index < -0.39 is 5.97 Å². The van der Waals surface area contributed by atoms with Gasteiger partial charge in [-0.25, -0.2) is 4.79 Å². The largest absolute Gasteiger partial charge is 0.490 e. The molecule has 2 atom stereocenters. The highest BCUT2D eigenvalue weighted by Gasteiger charge is 2.41. The highest BCUT2D eigenvalue weighted by atomic mass is 16.6. The lowest BCUT2D eigenvalue weighted by Gasteiger charge is -2.37. The lowest BCUT2D eigenvalue weighted by atomic mass is 9.91. The van der Waals surface area contributed by atoms with Crippen molar-refractivity contribution < 1.29 is 24.1 Å². The molecule has 0 saturated carbocycles. The lowest BCUT2D eigenvalue weighted by Crippen LogP contribution is -2.44. The minimum absolute atomic E-state index is 0.0446. The summed E-state index contributed by atoms with van der Waals surface area (Å²) in [6, 6.07) is 4.98. The molecule has 5 nitrogen and oxygen atoms in total. The minimum atomic E-state index is -0.938. The van der Waals surface area contributed by atoms with Gasteiger partial charge in [-0.3, -0.25) is 0 Å². The number of benzene rings is 1. The fraction of sp³-hybridized carbons (Fsp3) is 0.562. The van der Waals surface area contributed by atoms with Crippen molar-refractivity contribution in [2.75, 3.05) is 19.8 Å². The number of aryl methyl sites for hydroxylation is 1. The summed E-state index contributed by atoms with van der Waals surface area (Å²) in [6.07, 6.45) is 2.56. The zero-order valence-corrected chi connectivity index (χ0v) is 12.1. The maximum atomic E-state index is 11.1. The average molecular weight is 292 g/mol. The van der Waals surface area contributed by atoms with Crippen LogP contribution in [0.3, 0.4) is 0 Å². The Balaban J connectivity index is 1.74. The van der Waals surface area contributed by atoms with E-state index in [0.29, 0.717) is 19.0 Å². The molecule has 1 spiro atoms. The zero-order valence-electron chi connectivity index (χ0n) is 12.1. The van der Waals surface area contributed by atoms with Gasteiger partial charge < -0.3 is 19.3 Å². The fourth-order valence-corrected chi connectivity index (χ4v) is 2.99. The Labute approximate surface area is 123 Å². The van der Waals surface area contributed by atoms with E-state index in [1.165, 1.54) is 0 Å². The van der Waals surface area contributed by atoms with E-state index in [1.54, 1.807) is 18.2 Å². The van der Waals surface area contributed by atoms with Crippen LogP contribution in [-0.4, -0.2) is 42.6 Å².